The van der Waals surface area contributed by atoms with Crippen molar-refractivity contribution >= 4 is 23.3 Å². The summed E-state index contributed by atoms with van der Waals surface area (Å²) >= 11 is 1.28. The van der Waals surface area contributed by atoms with Gasteiger partial charge in [0.15, 0.2) is 10.8 Å². The van der Waals surface area contributed by atoms with Crippen LogP contribution in [0.2, 0.25) is 0 Å². The number of alkyl halides is 2. The van der Waals surface area contributed by atoms with Crippen LogP contribution < -0.4 is 10.1 Å². The molecule has 1 amide bonds. The Morgan fingerprint density at radius 2 is 2.00 bits per heavy atom. The molecule has 1 N–H and O–H groups in total. The van der Waals surface area contributed by atoms with Gasteiger partial charge in [0.05, 0.1) is 5.75 Å². The van der Waals surface area contributed by atoms with Gasteiger partial charge in [-0.3, -0.25) is 9.20 Å². The minimum absolute atomic E-state index is 0.126. The smallest absolute Gasteiger partial charge is 0.387 e. The number of para-hydroxylation sites is 1. The highest BCUT2D eigenvalue weighted by Crippen LogP contribution is 2.20. The lowest BCUT2D eigenvalue weighted by Gasteiger charge is -2.11. The van der Waals surface area contributed by atoms with Gasteiger partial charge in [-0.1, -0.05) is 36.0 Å². The van der Waals surface area contributed by atoms with Crippen molar-refractivity contribution in [2.24, 2.45) is 0 Å². The van der Waals surface area contributed by atoms with Gasteiger partial charge in [0, 0.05) is 12.7 Å². The molecule has 0 atom stereocenters. The lowest BCUT2D eigenvalue weighted by molar-refractivity contribution is -0.118. The zero-order valence-corrected chi connectivity index (χ0v) is 14.5. The molecule has 3 aromatic rings. The van der Waals surface area contributed by atoms with Gasteiger partial charge in [0.2, 0.25) is 5.91 Å². The fourth-order valence-electron chi connectivity index (χ4n) is 2.36. The van der Waals surface area contributed by atoms with Gasteiger partial charge < -0.3 is 10.1 Å². The number of carbonyl (C=O) groups excluding carboxylic acids is 1. The Bertz CT molecular complexity index is 888. The van der Waals surface area contributed by atoms with E-state index < -0.39 is 6.61 Å². The lowest BCUT2D eigenvalue weighted by atomic mass is 10.1. The summed E-state index contributed by atoms with van der Waals surface area (Å²) in [6, 6.07) is 12.1. The second-order valence-electron chi connectivity index (χ2n) is 5.29. The predicted octanol–water partition coefficient (Wildman–Crippen LogP) is 2.78. The Balaban J connectivity index is 1.48. The van der Waals surface area contributed by atoms with Crippen molar-refractivity contribution in [2.75, 3.05) is 12.3 Å². The molecule has 0 saturated carbocycles. The first-order chi connectivity index (χ1) is 12.6. The van der Waals surface area contributed by atoms with Crippen LogP contribution in [0.25, 0.3) is 5.65 Å². The second-order valence-corrected chi connectivity index (χ2v) is 6.23. The number of fused-ring (bicyclic) bond motifs is 1. The van der Waals surface area contributed by atoms with E-state index >= 15 is 0 Å². The van der Waals surface area contributed by atoms with E-state index in [1.54, 1.807) is 22.6 Å². The molecule has 0 radical (unpaired) electrons. The first-order valence-corrected chi connectivity index (χ1v) is 8.84. The van der Waals surface area contributed by atoms with Gasteiger partial charge in [-0.05, 0) is 30.2 Å². The summed E-state index contributed by atoms with van der Waals surface area (Å²) in [5.41, 5.74) is 1.33. The lowest BCUT2D eigenvalue weighted by Crippen LogP contribution is -2.27. The average molecular weight is 378 g/mol. The predicted molar refractivity (Wildman–Crippen MR) is 93.5 cm³/mol. The van der Waals surface area contributed by atoms with Crippen molar-refractivity contribution < 1.29 is 18.3 Å². The third-order valence-corrected chi connectivity index (χ3v) is 4.46. The van der Waals surface area contributed by atoms with Crippen LogP contribution in [0.1, 0.15) is 5.56 Å². The van der Waals surface area contributed by atoms with E-state index in [-0.39, 0.29) is 17.4 Å². The molecule has 2 heterocycles. The molecule has 26 heavy (non-hydrogen) atoms. The van der Waals surface area contributed by atoms with E-state index in [9.17, 15) is 13.6 Å². The van der Waals surface area contributed by atoms with E-state index in [1.807, 2.05) is 24.4 Å². The highest BCUT2D eigenvalue weighted by Gasteiger charge is 2.11. The van der Waals surface area contributed by atoms with Crippen LogP contribution in [-0.2, 0) is 11.2 Å². The number of pyridine rings is 1. The number of ether oxygens (including phenoxy) is 1. The normalized spacial score (nSPS) is 11.0. The SMILES string of the molecule is O=C(CSc1nnc2ccccn12)NCCc1ccccc1OC(F)F. The van der Waals surface area contributed by atoms with E-state index in [0.29, 0.717) is 29.3 Å². The first kappa shape index (κ1) is 18.1. The molecule has 0 saturated heterocycles. The molecule has 3 rings (SSSR count). The maximum absolute atomic E-state index is 12.4. The number of carbonyl (C=O) groups is 1. The maximum Gasteiger partial charge on any atom is 0.387 e. The number of nitrogens with one attached hydrogen (secondary N) is 1. The fourth-order valence-corrected chi connectivity index (χ4v) is 3.11. The van der Waals surface area contributed by atoms with Crippen LogP contribution in [0, 0.1) is 0 Å². The van der Waals surface area contributed by atoms with Crippen molar-refractivity contribution in [3.8, 4) is 5.75 Å². The average Bonchev–Trinajstić information content (AvgIpc) is 3.04. The van der Waals surface area contributed by atoms with Crippen LogP contribution in [0.5, 0.6) is 5.75 Å². The molecule has 2 aromatic heterocycles. The summed E-state index contributed by atoms with van der Waals surface area (Å²) in [7, 11) is 0. The number of rotatable bonds is 8. The molecular weight excluding hydrogens is 362 g/mol. The summed E-state index contributed by atoms with van der Waals surface area (Å²) < 4.78 is 31.1. The van der Waals surface area contributed by atoms with Gasteiger partial charge in [0.1, 0.15) is 5.75 Å². The molecule has 0 unspecified atom stereocenters. The monoisotopic (exact) mass is 378 g/mol. The number of nitrogens with zero attached hydrogens (tertiary/aromatic N) is 3. The zero-order valence-electron chi connectivity index (χ0n) is 13.6. The van der Waals surface area contributed by atoms with Crippen molar-refractivity contribution in [2.45, 2.75) is 18.2 Å². The number of amides is 1. The van der Waals surface area contributed by atoms with E-state index in [1.165, 1.54) is 17.8 Å². The first-order valence-electron chi connectivity index (χ1n) is 7.85. The number of benzene rings is 1. The van der Waals surface area contributed by atoms with Crippen LogP contribution in [0.15, 0.2) is 53.8 Å². The fraction of sp³-hybridized carbons (Fsp3) is 0.235. The zero-order chi connectivity index (χ0) is 18.4. The van der Waals surface area contributed by atoms with E-state index in [4.69, 9.17) is 0 Å². The molecule has 0 bridgehead atoms. The molecule has 0 spiro atoms. The molecular formula is C17H16F2N4O2S. The number of aromatic nitrogens is 3. The van der Waals surface area contributed by atoms with Crippen LogP contribution in [-0.4, -0.2) is 39.4 Å². The van der Waals surface area contributed by atoms with E-state index in [2.05, 4.69) is 20.3 Å². The largest absolute Gasteiger partial charge is 0.435 e. The molecule has 1 aromatic carbocycles. The molecule has 0 aliphatic heterocycles. The topological polar surface area (TPSA) is 68.5 Å². The van der Waals surface area contributed by atoms with Crippen molar-refractivity contribution in [3.63, 3.8) is 0 Å². The number of halogens is 2. The number of hydrogen-bond acceptors (Lipinski definition) is 5. The molecule has 9 heteroatoms. The summed E-state index contributed by atoms with van der Waals surface area (Å²) in [6.07, 6.45) is 2.22. The number of hydrogen-bond donors (Lipinski definition) is 1. The third-order valence-electron chi connectivity index (χ3n) is 3.52. The van der Waals surface area contributed by atoms with Crippen LogP contribution in [0.4, 0.5) is 8.78 Å². The minimum atomic E-state index is -2.87. The molecule has 0 aliphatic carbocycles. The summed E-state index contributed by atoms with van der Waals surface area (Å²) in [4.78, 5) is 12.0. The van der Waals surface area contributed by atoms with Crippen LogP contribution in [0.3, 0.4) is 0 Å². The Morgan fingerprint density at radius 1 is 1.19 bits per heavy atom. The van der Waals surface area contributed by atoms with Gasteiger partial charge in [-0.25, -0.2) is 0 Å². The molecule has 0 fully saturated rings. The van der Waals surface area contributed by atoms with Gasteiger partial charge in [-0.2, -0.15) is 8.78 Å². The molecule has 136 valence electrons. The van der Waals surface area contributed by atoms with Crippen molar-refractivity contribution in [1.82, 2.24) is 19.9 Å². The Kier molecular flexibility index (Phi) is 6.00. The van der Waals surface area contributed by atoms with Crippen molar-refractivity contribution in [3.05, 3.63) is 54.2 Å². The van der Waals surface area contributed by atoms with Crippen molar-refractivity contribution in [1.29, 1.82) is 0 Å². The van der Waals surface area contributed by atoms with Gasteiger partial charge in [-0.15, -0.1) is 10.2 Å². The van der Waals surface area contributed by atoms with Gasteiger partial charge in [0.25, 0.3) is 0 Å². The second kappa shape index (κ2) is 8.61. The third kappa shape index (κ3) is 4.69. The Morgan fingerprint density at radius 3 is 2.85 bits per heavy atom. The highest BCUT2D eigenvalue weighted by molar-refractivity contribution is 7.99. The van der Waals surface area contributed by atoms with Crippen LogP contribution >= 0.6 is 11.8 Å². The summed E-state index contributed by atoms with van der Waals surface area (Å²) in [5, 5.41) is 11.5. The Labute approximate surface area is 152 Å². The number of thioether (sulfide) groups is 1. The van der Waals surface area contributed by atoms with Gasteiger partial charge >= 0.3 is 6.61 Å². The Hall–Kier alpha value is -2.68. The quantitative estimate of drug-likeness (QED) is 0.611. The van der Waals surface area contributed by atoms with E-state index in [0.717, 1.165) is 0 Å². The molecule has 6 nitrogen and oxygen atoms in total. The summed E-state index contributed by atoms with van der Waals surface area (Å²) in [5.74, 6) is 0.140. The highest BCUT2D eigenvalue weighted by atomic mass is 32.2. The minimum Gasteiger partial charge on any atom is -0.435 e. The molecule has 0 aliphatic rings. The summed E-state index contributed by atoms with van der Waals surface area (Å²) in [6.45, 7) is -2.55. The maximum atomic E-state index is 12.4. The standard InChI is InChI=1S/C17H16F2N4O2S/c18-16(19)25-13-6-2-1-5-12(13)8-9-20-15(24)11-26-17-22-21-14-7-3-4-10-23(14)17/h1-7,10,16H,8-9,11H2,(H,20,24).